The second-order valence-corrected chi connectivity index (χ2v) is 1.71. The lowest BCUT2D eigenvalue weighted by Gasteiger charge is -1.76. The smallest absolute Gasteiger partial charge is 0.0659 e. The van der Waals surface area contributed by atoms with Gasteiger partial charge in [-0.1, -0.05) is 5.20 Å². The molecule has 27 valence electrons. The van der Waals surface area contributed by atoms with E-state index in [1.54, 1.807) is 0 Å². The molecule has 0 aliphatic heterocycles. The van der Waals surface area contributed by atoms with Crippen LogP contribution in [0.2, 0.25) is 0 Å². The van der Waals surface area contributed by atoms with Crippen LogP contribution in [0, 0.1) is 0 Å². The lowest BCUT2D eigenvalue weighted by molar-refractivity contribution is 1.72. The van der Waals surface area contributed by atoms with Crippen molar-refractivity contribution in [1.82, 2.24) is 0 Å². The highest BCUT2D eigenvalue weighted by atomic mass is 35.5. The molecule has 2 heteroatoms. The molecule has 0 saturated heterocycles. The molecular formula is C3H4ClSi. The highest BCUT2D eigenvalue weighted by molar-refractivity contribution is 6.30. The molecule has 0 atom stereocenters. The zero-order valence-corrected chi connectivity index (χ0v) is 4.55. The maximum Gasteiger partial charge on any atom is 0.0659 e. The monoisotopic (exact) mass is 103 g/mol. The third-order valence-corrected chi connectivity index (χ3v) is 0.885. The fourth-order valence-corrected chi connectivity index (χ4v) is 0. The zero-order valence-electron chi connectivity index (χ0n) is 2.79. The van der Waals surface area contributed by atoms with Crippen LogP contribution in [-0.2, 0) is 0 Å². The molecule has 0 aliphatic rings. The van der Waals surface area contributed by atoms with E-state index in [1.165, 1.54) is 0 Å². The first kappa shape index (κ1) is 5.25. The number of rotatable bonds is 1. The summed E-state index contributed by atoms with van der Waals surface area (Å²) in [4.78, 5) is 0. The van der Waals surface area contributed by atoms with E-state index < -0.39 is 0 Å². The summed E-state index contributed by atoms with van der Waals surface area (Å²) in [6.45, 7) is 3.46. The molecule has 0 aromatic carbocycles. The molecule has 0 fully saturated rings. The second kappa shape index (κ2) is 2.48. The molecule has 0 bridgehead atoms. The van der Waals surface area contributed by atoms with E-state index >= 15 is 0 Å². The summed E-state index contributed by atoms with van der Waals surface area (Å²) in [7, 11) is 3.09. The van der Waals surface area contributed by atoms with Gasteiger partial charge in [0.2, 0.25) is 0 Å². The van der Waals surface area contributed by atoms with Gasteiger partial charge in [-0.25, -0.2) is 0 Å². The Hall–Kier alpha value is 0.247. The maximum atomic E-state index is 5.19. The molecule has 0 N–H and O–H groups in total. The minimum absolute atomic E-state index is 0.497. The molecule has 0 saturated carbocycles. The fourth-order valence-electron chi connectivity index (χ4n) is 0. The lowest BCUT2D eigenvalue weighted by Crippen LogP contribution is -1.74. The summed E-state index contributed by atoms with van der Waals surface area (Å²) < 4.78 is 0. The first-order chi connectivity index (χ1) is 2.27. The van der Waals surface area contributed by atoms with Crippen molar-refractivity contribution in [3.8, 4) is 0 Å². The highest BCUT2D eigenvalue weighted by Gasteiger charge is 1.70. The van der Waals surface area contributed by atoms with Crippen LogP contribution in [0.1, 0.15) is 0 Å². The molecule has 0 unspecified atom stereocenters. The Labute approximate surface area is 40.3 Å². The summed E-state index contributed by atoms with van der Waals surface area (Å²) in [6.07, 6.45) is 0. The third kappa shape index (κ3) is 4.25. The van der Waals surface area contributed by atoms with Gasteiger partial charge in [-0.05, 0) is 0 Å². The van der Waals surface area contributed by atoms with Crippen molar-refractivity contribution in [1.29, 1.82) is 0 Å². The maximum absolute atomic E-state index is 5.19. The van der Waals surface area contributed by atoms with Gasteiger partial charge in [0, 0.05) is 5.88 Å². The van der Waals surface area contributed by atoms with Gasteiger partial charge in [-0.3, -0.25) is 0 Å². The number of hydrogen-bond acceptors (Lipinski definition) is 0. The van der Waals surface area contributed by atoms with Crippen molar-refractivity contribution in [2.45, 2.75) is 0 Å². The predicted molar refractivity (Wildman–Crippen MR) is 25.6 cm³/mol. The molecule has 0 aromatic heterocycles. The van der Waals surface area contributed by atoms with E-state index in [0.29, 0.717) is 5.88 Å². The van der Waals surface area contributed by atoms with E-state index in [4.69, 9.17) is 11.6 Å². The number of hydrogen-bond donors (Lipinski definition) is 0. The Bertz CT molecular complexity index is 42.2. The van der Waals surface area contributed by atoms with Crippen molar-refractivity contribution in [2.75, 3.05) is 5.88 Å². The minimum atomic E-state index is 0.497. The second-order valence-electron chi connectivity index (χ2n) is 0.737. The van der Waals surface area contributed by atoms with E-state index in [1.807, 2.05) is 0 Å². The van der Waals surface area contributed by atoms with Crippen molar-refractivity contribution >= 4 is 21.8 Å². The van der Waals surface area contributed by atoms with Gasteiger partial charge in [-0.15, -0.1) is 18.2 Å². The normalized spacial score (nSPS) is 7.60. The minimum Gasteiger partial charge on any atom is -0.122 e. The average molecular weight is 104 g/mol. The third-order valence-electron chi connectivity index (χ3n) is 0.161. The number of allylic oxidation sites excluding steroid dienone is 1. The summed E-state index contributed by atoms with van der Waals surface area (Å²) in [5.41, 5.74) is 0. The largest absolute Gasteiger partial charge is 0.122 e. The van der Waals surface area contributed by atoms with Crippen molar-refractivity contribution < 1.29 is 0 Å². The molecule has 0 heterocycles. The van der Waals surface area contributed by atoms with Crippen LogP contribution in [-0.4, -0.2) is 16.1 Å². The van der Waals surface area contributed by atoms with Crippen LogP contribution in [0.25, 0.3) is 0 Å². The van der Waals surface area contributed by atoms with Crippen LogP contribution >= 0.6 is 11.6 Å². The molecule has 0 aromatic rings. The van der Waals surface area contributed by atoms with Crippen LogP contribution in [0.5, 0.6) is 0 Å². The molecular weight excluding hydrogens is 99.6 g/mol. The van der Waals surface area contributed by atoms with Gasteiger partial charge in [0.1, 0.15) is 0 Å². The first-order valence-electron chi connectivity index (χ1n) is 1.22. The molecule has 0 rings (SSSR count). The van der Waals surface area contributed by atoms with E-state index in [2.05, 4.69) is 16.8 Å². The Balaban J connectivity index is 2.85. The van der Waals surface area contributed by atoms with Gasteiger partial charge in [-0.2, -0.15) is 0 Å². The summed E-state index contributed by atoms with van der Waals surface area (Å²) in [6, 6.07) is 0. The van der Waals surface area contributed by atoms with E-state index in [-0.39, 0.29) is 0 Å². The van der Waals surface area contributed by atoms with Crippen molar-refractivity contribution in [2.24, 2.45) is 0 Å². The van der Waals surface area contributed by atoms with Crippen LogP contribution in [0.4, 0.5) is 0 Å². The summed E-state index contributed by atoms with van der Waals surface area (Å²) in [5.74, 6) is 0.497. The number of halogens is 1. The van der Waals surface area contributed by atoms with E-state index in [0.717, 1.165) is 5.20 Å². The molecule has 0 aliphatic carbocycles. The molecule has 0 nitrogen and oxygen atoms in total. The van der Waals surface area contributed by atoms with Gasteiger partial charge in [0.15, 0.2) is 0 Å². The fraction of sp³-hybridized carbons (Fsp3) is 0.333. The van der Waals surface area contributed by atoms with Crippen molar-refractivity contribution in [3.63, 3.8) is 0 Å². The molecule has 3 radical (unpaired) electrons. The SMILES string of the molecule is C=C([Si])CCl. The predicted octanol–water partition coefficient (Wildman–Crippen LogP) is 0.907. The van der Waals surface area contributed by atoms with Crippen molar-refractivity contribution in [3.05, 3.63) is 11.8 Å². The molecule has 5 heavy (non-hydrogen) atoms. The Morgan fingerprint density at radius 2 is 2.20 bits per heavy atom. The summed E-state index contributed by atoms with van der Waals surface area (Å²) in [5, 5.41) is 0.826. The molecule has 0 spiro atoms. The summed E-state index contributed by atoms with van der Waals surface area (Å²) >= 11 is 5.19. The Morgan fingerprint density at radius 1 is 2.00 bits per heavy atom. The average Bonchev–Trinajstić information content (AvgIpc) is 1.38. The van der Waals surface area contributed by atoms with Gasteiger partial charge in [0.25, 0.3) is 0 Å². The van der Waals surface area contributed by atoms with Gasteiger partial charge in [0.05, 0.1) is 10.2 Å². The zero-order chi connectivity index (χ0) is 4.28. The van der Waals surface area contributed by atoms with Gasteiger partial charge >= 0.3 is 0 Å². The highest BCUT2D eigenvalue weighted by Crippen LogP contribution is 1.81. The molecule has 0 amide bonds. The first-order valence-corrected chi connectivity index (χ1v) is 2.26. The Morgan fingerprint density at radius 3 is 2.20 bits per heavy atom. The topological polar surface area (TPSA) is 0 Å². The van der Waals surface area contributed by atoms with Gasteiger partial charge < -0.3 is 0 Å². The van der Waals surface area contributed by atoms with E-state index in [9.17, 15) is 0 Å². The Kier molecular flexibility index (Phi) is 2.60. The lowest BCUT2D eigenvalue weighted by atomic mass is 10.7. The quantitative estimate of drug-likeness (QED) is 0.342. The van der Waals surface area contributed by atoms with Crippen LogP contribution < -0.4 is 0 Å². The number of alkyl halides is 1. The van der Waals surface area contributed by atoms with Crippen LogP contribution in [0.3, 0.4) is 0 Å². The van der Waals surface area contributed by atoms with Crippen LogP contribution in [0.15, 0.2) is 11.8 Å². The standard InChI is InChI=1S/C3H4ClSi/c1-3(5)2-4/h1-2H2.